The predicted octanol–water partition coefficient (Wildman–Crippen LogP) is 4.79. The van der Waals surface area contributed by atoms with E-state index in [2.05, 4.69) is 20.5 Å². The summed E-state index contributed by atoms with van der Waals surface area (Å²) in [5.74, 6) is 0.458. The summed E-state index contributed by atoms with van der Waals surface area (Å²) in [6.07, 6.45) is 5.64. The molecular formula is C18H17FN4S. The normalized spacial score (nSPS) is 11.1. The standard InChI is InChI=1S/C18H17FN4S/c1-12(2)7-8-22-23-17-15-10-14(24-18(15)21-11-20-17)9-13-5-3-4-6-16(13)19/h3-8,10-11H,9H2,1-2H3,(H,20,21,23)/b22-8-. The highest BCUT2D eigenvalue weighted by molar-refractivity contribution is 7.18. The second-order valence-electron chi connectivity index (χ2n) is 5.56. The number of halogens is 1. The summed E-state index contributed by atoms with van der Waals surface area (Å²) in [5.41, 5.74) is 4.78. The highest BCUT2D eigenvalue weighted by atomic mass is 32.1. The van der Waals surface area contributed by atoms with Crippen molar-refractivity contribution in [1.29, 1.82) is 0 Å². The van der Waals surface area contributed by atoms with E-state index < -0.39 is 0 Å². The van der Waals surface area contributed by atoms with E-state index >= 15 is 0 Å². The van der Waals surface area contributed by atoms with E-state index in [1.807, 2.05) is 32.1 Å². The molecule has 0 unspecified atom stereocenters. The van der Waals surface area contributed by atoms with Gasteiger partial charge in [0, 0.05) is 17.5 Å². The molecule has 0 bridgehead atoms. The van der Waals surface area contributed by atoms with E-state index in [-0.39, 0.29) is 5.82 Å². The van der Waals surface area contributed by atoms with E-state index in [0.717, 1.165) is 20.7 Å². The second-order valence-corrected chi connectivity index (χ2v) is 6.67. The van der Waals surface area contributed by atoms with E-state index in [4.69, 9.17) is 0 Å². The molecule has 0 spiro atoms. The van der Waals surface area contributed by atoms with Gasteiger partial charge in [0.1, 0.15) is 17.0 Å². The van der Waals surface area contributed by atoms with Crippen LogP contribution in [0.2, 0.25) is 0 Å². The lowest BCUT2D eigenvalue weighted by Gasteiger charge is -2.00. The number of hydrogen-bond acceptors (Lipinski definition) is 5. The molecule has 24 heavy (non-hydrogen) atoms. The molecule has 0 saturated heterocycles. The Kier molecular flexibility index (Phi) is 4.96. The summed E-state index contributed by atoms with van der Waals surface area (Å²) in [4.78, 5) is 10.4. The van der Waals surface area contributed by atoms with Gasteiger partial charge in [-0.25, -0.2) is 14.4 Å². The maximum absolute atomic E-state index is 13.8. The van der Waals surface area contributed by atoms with Crippen molar-refractivity contribution in [3.8, 4) is 0 Å². The molecule has 0 amide bonds. The molecule has 2 aromatic heterocycles. The Morgan fingerprint density at radius 2 is 2.12 bits per heavy atom. The number of allylic oxidation sites excluding steroid dienone is 2. The molecule has 0 aliphatic heterocycles. The van der Waals surface area contributed by atoms with Gasteiger partial charge in [-0.1, -0.05) is 23.8 Å². The minimum Gasteiger partial charge on any atom is -0.261 e. The molecule has 2 heterocycles. The maximum Gasteiger partial charge on any atom is 0.158 e. The molecule has 4 nitrogen and oxygen atoms in total. The minimum atomic E-state index is -0.189. The fourth-order valence-electron chi connectivity index (χ4n) is 2.20. The van der Waals surface area contributed by atoms with Crippen molar-refractivity contribution in [2.75, 3.05) is 5.43 Å². The number of aromatic nitrogens is 2. The minimum absolute atomic E-state index is 0.189. The van der Waals surface area contributed by atoms with Gasteiger partial charge < -0.3 is 0 Å². The lowest BCUT2D eigenvalue weighted by atomic mass is 10.1. The number of thiophene rings is 1. The number of nitrogens with zero attached hydrogens (tertiary/aromatic N) is 3. The van der Waals surface area contributed by atoms with Crippen LogP contribution in [-0.4, -0.2) is 16.2 Å². The Balaban J connectivity index is 1.86. The summed E-state index contributed by atoms with van der Waals surface area (Å²) in [6.45, 7) is 4.01. The van der Waals surface area contributed by atoms with Crippen molar-refractivity contribution in [1.82, 2.24) is 9.97 Å². The molecule has 0 radical (unpaired) electrons. The van der Waals surface area contributed by atoms with Crippen LogP contribution in [0, 0.1) is 5.82 Å². The highest BCUT2D eigenvalue weighted by Gasteiger charge is 2.10. The lowest BCUT2D eigenvalue weighted by Crippen LogP contribution is -1.93. The first kappa shape index (κ1) is 16.3. The van der Waals surface area contributed by atoms with Gasteiger partial charge in [-0.05, 0) is 37.6 Å². The van der Waals surface area contributed by atoms with Crippen molar-refractivity contribution < 1.29 is 4.39 Å². The van der Waals surface area contributed by atoms with E-state index in [9.17, 15) is 4.39 Å². The number of rotatable bonds is 5. The average molecular weight is 340 g/mol. The smallest absolute Gasteiger partial charge is 0.158 e. The molecule has 0 aliphatic carbocycles. The summed E-state index contributed by atoms with van der Waals surface area (Å²) in [6, 6.07) is 8.81. The number of nitrogens with one attached hydrogen (secondary N) is 1. The molecule has 0 atom stereocenters. The van der Waals surface area contributed by atoms with Gasteiger partial charge >= 0.3 is 0 Å². The SMILES string of the molecule is CC(C)=C/C=N\Nc1ncnc2sc(Cc3ccccc3F)cc12. The maximum atomic E-state index is 13.8. The van der Waals surface area contributed by atoms with E-state index in [1.54, 1.807) is 18.3 Å². The fraction of sp³-hybridized carbons (Fsp3) is 0.167. The number of fused-ring (bicyclic) bond motifs is 1. The number of hydrogen-bond donors (Lipinski definition) is 1. The Morgan fingerprint density at radius 1 is 1.29 bits per heavy atom. The third kappa shape index (κ3) is 3.83. The molecule has 3 rings (SSSR count). The molecular weight excluding hydrogens is 323 g/mol. The van der Waals surface area contributed by atoms with Gasteiger partial charge in [0.05, 0.1) is 5.39 Å². The van der Waals surface area contributed by atoms with Crippen LogP contribution in [0.15, 0.2) is 53.4 Å². The summed E-state index contributed by atoms with van der Waals surface area (Å²) >= 11 is 1.54. The molecule has 122 valence electrons. The zero-order valence-electron chi connectivity index (χ0n) is 13.5. The van der Waals surface area contributed by atoms with Crippen molar-refractivity contribution in [3.05, 3.63) is 64.6 Å². The van der Waals surface area contributed by atoms with Gasteiger partial charge in [-0.2, -0.15) is 5.10 Å². The van der Waals surface area contributed by atoms with Gasteiger partial charge in [-0.3, -0.25) is 5.43 Å². The Bertz CT molecular complexity index is 910. The summed E-state index contributed by atoms with van der Waals surface area (Å²) in [7, 11) is 0. The third-order valence-electron chi connectivity index (χ3n) is 3.36. The molecule has 0 aliphatic rings. The van der Waals surface area contributed by atoms with E-state index in [0.29, 0.717) is 17.8 Å². The Morgan fingerprint density at radius 3 is 2.92 bits per heavy atom. The predicted molar refractivity (Wildman–Crippen MR) is 98.2 cm³/mol. The Labute approximate surface area is 143 Å². The van der Waals surface area contributed by atoms with Gasteiger partial charge in [0.25, 0.3) is 0 Å². The van der Waals surface area contributed by atoms with Crippen LogP contribution < -0.4 is 5.43 Å². The van der Waals surface area contributed by atoms with E-state index in [1.165, 1.54) is 23.7 Å². The van der Waals surface area contributed by atoms with Crippen molar-refractivity contribution in [3.63, 3.8) is 0 Å². The van der Waals surface area contributed by atoms with Crippen LogP contribution in [0.3, 0.4) is 0 Å². The second kappa shape index (κ2) is 7.31. The average Bonchev–Trinajstić information content (AvgIpc) is 2.97. The van der Waals surface area contributed by atoms with Crippen LogP contribution in [0.1, 0.15) is 24.3 Å². The molecule has 0 saturated carbocycles. The van der Waals surface area contributed by atoms with Crippen molar-refractivity contribution in [2.45, 2.75) is 20.3 Å². The lowest BCUT2D eigenvalue weighted by molar-refractivity contribution is 0.614. The number of hydrazone groups is 1. The van der Waals surface area contributed by atoms with Gasteiger partial charge in [0.15, 0.2) is 5.82 Å². The quantitative estimate of drug-likeness (QED) is 0.537. The van der Waals surface area contributed by atoms with Crippen molar-refractivity contribution >= 4 is 33.6 Å². The first-order valence-corrected chi connectivity index (χ1v) is 8.34. The zero-order valence-corrected chi connectivity index (χ0v) is 14.3. The van der Waals surface area contributed by atoms with Crippen LogP contribution in [0.4, 0.5) is 10.2 Å². The number of anilines is 1. The van der Waals surface area contributed by atoms with Crippen molar-refractivity contribution in [2.24, 2.45) is 5.10 Å². The zero-order chi connectivity index (χ0) is 16.9. The molecule has 1 aromatic carbocycles. The first-order chi connectivity index (χ1) is 11.6. The topological polar surface area (TPSA) is 50.2 Å². The van der Waals surface area contributed by atoms with Crippen LogP contribution in [-0.2, 0) is 6.42 Å². The Hall–Kier alpha value is -2.60. The summed E-state index contributed by atoms with van der Waals surface area (Å²) < 4.78 is 13.8. The van der Waals surface area contributed by atoms with Crippen LogP contribution in [0.25, 0.3) is 10.2 Å². The molecule has 3 aromatic rings. The highest BCUT2D eigenvalue weighted by Crippen LogP contribution is 2.30. The van der Waals surface area contributed by atoms with Crippen LogP contribution in [0.5, 0.6) is 0 Å². The van der Waals surface area contributed by atoms with Crippen LogP contribution >= 0.6 is 11.3 Å². The fourth-order valence-corrected chi connectivity index (χ4v) is 3.21. The first-order valence-electron chi connectivity index (χ1n) is 7.53. The monoisotopic (exact) mass is 340 g/mol. The molecule has 6 heteroatoms. The third-order valence-corrected chi connectivity index (χ3v) is 4.40. The van der Waals surface area contributed by atoms with Gasteiger partial charge in [0.2, 0.25) is 0 Å². The van der Waals surface area contributed by atoms with Gasteiger partial charge in [-0.15, -0.1) is 11.3 Å². The largest absolute Gasteiger partial charge is 0.261 e. The summed E-state index contributed by atoms with van der Waals surface area (Å²) in [5, 5.41) is 5.03. The molecule has 0 fully saturated rings. The number of benzene rings is 1. The molecule has 1 N–H and O–H groups in total.